The number of rotatable bonds is 6. The fraction of sp³-hybridized carbons (Fsp3) is 0.400. The van der Waals surface area contributed by atoms with Crippen LogP contribution in [0.2, 0.25) is 0 Å². The molecule has 4 N–H and O–H groups in total. The lowest BCUT2D eigenvalue weighted by Gasteiger charge is -2.35. The Balaban J connectivity index is 1.53. The van der Waals surface area contributed by atoms with Crippen LogP contribution in [-0.2, 0) is 16.4 Å². The fourth-order valence-corrected chi connectivity index (χ4v) is 10.3. The molecule has 8 heteroatoms. The van der Waals surface area contributed by atoms with E-state index in [2.05, 4.69) is 39.2 Å². The molecule has 2 atom stereocenters. The Labute approximate surface area is 252 Å². The van der Waals surface area contributed by atoms with Crippen LogP contribution in [0.4, 0.5) is 11.4 Å². The van der Waals surface area contributed by atoms with E-state index in [1.807, 2.05) is 63.2 Å². The maximum Gasteiger partial charge on any atom is 0.232 e. The van der Waals surface area contributed by atoms with Crippen LogP contribution in [-0.4, -0.2) is 10.7 Å². The summed E-state index contributed by atoms with van der Waals surface area (Å²) < 4.78 is 29.6. The second kappa shape index (κ2) is 9.92. The lowest BCUT2D eigenvalue weighted by atomic mass is 9.82. The summed E-state index contributed by atoms with van der Waals surface area (Å²) in [6.07, 6.45) is 0.965. The molecule has 226 valence electrons. The number of aromatic nitrogens is 1. The zero-order valence-electron chi connectivity index (χ0n) is 26.4. The van der Waals surface area contributed by atoms with Gasteiger partial charge in [-0.1, -0.05) is 64.1 Å². The van der Waals surface area contributed by atoms with Crippen LogP contribution >= 0.6 is 7.14 Å². The SMILES string of the molecule is CCP1(=O)c2ccccc2C(C)(C)c2oc(C(C)Cc3cccc4c3c(=O)c3oc(C(C)C)c(N)c3n4C(C)C)c(N)c21. The van der Waals surface area contributed by atoms with Crippen LogP contribution in [0, 0.1) is 0 Å². The van der Waals surface area contributed by atoms with Gasteiger partial charge in [0.05, 0.1) is 27.6 Å². The van der Waals surface area contributed by atoms with Gasteiger partial charge in [-0.15, -0.1) is 0 Å². The number of nitrogens with two attached hydrogens (primary N) is 2. The van der Waals surface area contributed by atoms with E-state index in [0.29, 0.717) is 63.0 Å². The molecule has 0 bridgehead atoms. The van der Waals surface area contributed by atoms with Gasteiger partial charge < -0.3 is 29.4 Å². The van der Waals surface area contributed by atoms with Gasteiger partial charge in [-0.25, -0.2) is 0 Å². The topological polar surface area (TPSA) is 117 Å². The van der Waals surface area contributed by atoms with Crippen molar-refractivity contribution in [2.75, 3.05) is 17.6 Å². The molecule has 0 spiro atoms. The molecule has 2 unspecified atom stereocenters. The number of nitrogen functional groups attached to an aromatic ring is 2. The van der Waals surface area contributed by atoms with E-state index in [-0.39, 0.29) is 23.3 Å². The minimum atomic E-state index is -2.99. The van der Waals surface area contributed by atoms with Crippen molar-refractivity contribution in [1.82, 2.24) is 4.57 Å². The first-order valence-electron chi connectivity index (χ1n) is 15.3. The molecule has 5 aromatic rings. The van der Waals surface area contributed by atoms with Gasteiger partial charge in [-0.2, -0.15) is 0 Å². The average Bonchev–Trinajstić information content (AvgIpc) is 3.51. The highest BCUT2D eigenvalue weighted by Gasteiger charge is 2.48. The van der Waals surface area contributed by atoms with Gasteiger partial charge in [0.1, 0.15) is 29.9 Å². The van der Waals surface area contributed by atoms with Crippen molar-refractivity contribution in [3.05, 3.63) is 81.1 Å². The number of anilines is 2. The van der Waals surface area contributed by atoms with Crippen molar-refractivity contribution >= 4 is 51.1 Å². The van der Waals surface area contributed by atoms with Crippen LogP contribution in [0.25, 0.3) is 22.0 Å². The quantitative estimate of drug-likeness (QED) is 0.195. The molecule has 0 radical (unpaired) electrons. The average molecular weight is 600 g/mol. The van der Waals surface area contributed by atoms with Crippen molar-refractivity contribution in [3.63, 3.8) is 0 Å². The molecular weight excluding hydrogens is 557 g/mol. The highest BCUT2D eigenvalue weighted by atomic mass is 31.2. The first kappa shape index (κ1) is 29.4. The van der Waals surface area contributed by atoms with Gasteiger partial charge in [-0.3, -0.25) is 4.79 Å². The van der Waals surface area contributed by atoms with E-state index < -0.39 is 12.6 Å². The highest BCUT2D eigenvalue weighted by molar-refractivity contribution is 7.79. The standard InChI is InChI=1S/C35H42N3O4P/c1-9-43(40)24-16-11-10-14-22(24)35(7,8)34-33(43)27(37)31(42-34)20(6)17-21-13-12-15-23-25(21)29(39)32-28(38(23)19(4)5)26(36)30(41-32)18(2)3/h10-16,18-20H,9,17,36-37H2,1-8H3. The molecule has 1 aliphatic rings. The van der Waals surface area contributed by atoms with E-state index in [9.17, 15) is 9.36 Å². The maximum atomic E-state index is 14.7. The van der Waals surface area contributed by atoms with Crippen LogP contribution in [0.3, 0.4) is 0 Å². The molecule has 0 amide bonds. The molecule has 6 rings (SSSR count). The van der Waals surface area contributed by atoms with Gasteiger partial charge >= 0.3 is 0 Å². The van der Waals surface area contributed by atoms with E-state index in [1.54, 1.807) is 0 Å². The second-order valence-corrected chi connectivity index (χ2v) is 16.2. The van der Waals surface area contributed by atoms with Crippen molar-refractivity contribution in [2.45, 2.75) is 85.1 Å². The summed E-state index contributed by atoms with van der Waals surface area (Å²) in [7, 11) is -2.99. The summed E-state index contributed by atoms with van der Waals surface area (Å²) in [6.45, 7) is 16.4. The molecule has 0 saturated heterocycles. The van der Waals surface area contributed by atoms with Crippen molar-refractivity contribution in [3.8, 4) is 0 Å². The molecule has 0 aliphatic carbocycles. The molecule has 43 heavy (non-hydrogen) atoms. The van der Waals surface area contributed by atoms with E-state index in [1.165, 1.54) is 0 Å². The largest absolute Gasteiger partial charge is 0.462 e. The summed E-state index contributed by atoms with van der Waals surface area (Å²) in [6, 6.07) is 13.9. The van der Waals surface area contributed by atoms with Crippen LogP contribution in [0.15, 0.2) is 56.1 Å². The van der Waals surface area contributed by atoms with E-state index in [0.717, 1.165) is 21.9 Å². The molecule has 0 fully saturated rings. The highest BCUT2D eigenvalue weighted by Crippen LogP contribution is 2.56. The normalized spacial score (nSPS) is 18.5. The maximum absolute atomic E-state index is 14.7. The molecule has 4 heterocycles. The van der Waals surface area contributed by atoms with Crippen LogP contribution < -0.4 is 27.5 Å². The minimum Gasteiger partial charge on any atom is -0.462 e. The summed E-state index contributed by atoms with van der Waals surface area (Å²) in [5, 5.41) is 2.14. The third kappa shape index (κ3) is 4.00. The van der Waals surface area contributed by atoms with Crippen LogP contribution in [0.5, 0.6) is 0 Å². The first-order valence-corrected chi connectivity index (χ1v) is 17.1. The van der Waals surface area contributed by atoms with Gasteiger partial charge in [0.2, 0.25) is 11.0 Å². The Bertz CT molecular complexity index is 2020. The summed E-state index contributed by atoms with van der Waals surface area (Å²) >= 11 is 0. The number of fused-ring (bicyclic) bond motifs is 4. The number of benzene rings is 2. The molecule has 0 saturated carbocycles. The number of nitrogens with zero attached hydrogens (tertiary/aromatic N) is 1. The van der Waals surface area contributed by atoms with Gasteiger partial charge in [0, 0.05) is 34.8 Å². The Morgan fingerprint density at radius 3 is 2.28 bits per heavy atom. The van der Waals surface area contributed by atoms with Crippen molar-refractivity contribution in [2.24, 2.45) is 0 Å². The monoisotopic (exact) mass is 599 g/mol. The number of pyridine rings is 1. The van der Waals surface area contributed by atoms with E-state index in [4.69, 9.17) is 20.3 Å². The van der Waals surface area contributed by atoms with Gasteiger partial charge in [0.15, 0.2) is 0 Å². The number of furan rings is 2. The Kier molecular flexibility index (Phi) is 6.78. The lowest BCUT2D eigenvalue weighted by Crippen LogP contribution is -2.39. The Morgan fingerprint density at radius 2 is 1.63 bits per heavy atom. The third-order valence-corrected chi connectivity index (χ3v) is 12.5. The Morgan fingerprint density at radius 1 is 0.930 bits per heavy atom. The Hall–Kier alpha value is -3.70. The van der Waals surface area contributed by atoms with Crippen molar-refractivity contribution < 1.29 is 13.4 Å². The van der Waals surface area contributed by atoms with Gasteiger partial charge in [0.25, 0.3) is 0 Å². The van der Waals surface area contributed by atoms with Gasteiger partial charge in [-0.05, 0) is 51.3 Å². The number of hydrogen-bond donors (Lipinski definition) is 2. The first-order chi connectivity index (χ1) is 20.2. The summed E-state index contributed by atoms with van der Waals surface area (Å²) in [5.74, 6) is 1.79. The fourth-order valence-electron chi connectivity index (χ4n) is 7.18. The van der Waals surface area contributed by atoms with Crippen LogP contribution in [0.1, 0.15) is 102 Å². The molecule has 3 aromatic heterocycles. The smallest absolute Gasteiger partial charge is 0.232 e. The van der Waals surface area contributed by atoms with E-state index >= 15 is 0 Å². The number of hydrogen-bond acceptors (Lipinski definition) is 6. The summed E-state index contributed by atoms with van der Waals surface area (Å²) in [5.41, 5.74) is 17.5. The predicted octanol–water partition coefficient (Wildman–Crippen LogP) is 7.53. The minimum absolute atomic E-state index is 0.0393. The molecular formula is C35H42N3O4P. The zero-order valence-corrected chi connectivity index (χ0v) is 27.3. The predicted molar refractivity (Wildman–Crippen MR) is 178 cm³/mol. The molecule has 7 nitrogen and oxygen atoms in total. The third-order valence-electron chi connectivity index (χ3n) is 9.31. The van der Waals surface area contributed by atoms with Crippen molar-refractivity contribution in [1.29, 1.82) is 0 Å². The second-order valence-electron chi connectivity index (χ2n) is 13.2. The molecule has 1 aliphatic heterocycles. The zero-order chi connectivity index (χ0) is 31.2. The lowest BCUT2D eigenvalue weighted by molar-refractivity contribution is 0.389. The summed E-state index contributed by atoms with van der Waals surface area (Å²) in [4.78, 5) is 14.1. The molecule has 2 aromatic carbocycles.